The molecule has 2 fully saturated rings. The first-order valence-corrected chi connectivity index (χ1v) is 7.24. The lowest BCUT2D eigenvalue weighted by Gasteiger charge is -2.26. The summed E-state index contributed by atoms with van der Waals surface area (Å²) in [5, 5.41) is 0. The lowest BCUT2D eigenvalue weighted by Crippen LogP contribution is -2.37. The molecule has 2 aliphatic rings. The zero-order chi connectivity index (χ0) is 16.0. The van der Waals surface area contributed by atoms with E-state index in [-0.39, 0.29) is 24.2 Å². The summed E-state index contributed by atoms with van der Waals surface area (Å²) in [6.45, 7) is 0.652. The molecule has 3 rings (SSSR count). The molecule has 0 spiro atoms. The number of methoxy groups -OCH3 is 1. The smallest absolute Gasteiger partial charge is 0.419 e. The fourth-order valence-electron chi connectivity index (χ4n) is 3.86. The van der Waals surface area contributed by atoms with Crippen LogP contribution in [0.5, 0.6) is 0 Å². The van der Waals surface area contributed by atoms with Gasteiger partial charge in [-0.15, -0.1) is 0 Å². The molecule has 2 atom stereocenters. The number of hydrogen-bond acceptors (Lipinski definition) is 4. The third kappa shape index (κ3) is 2.23. The molecule has 4 nitrogen and oxygen atoms in total. The van der Waals surface area contributed by atoms with Gasteiger partial charge in [-0.3, -0.25) is 4.79 Å². The fraction of sp³-hybridized carbons (Fsp3) is 0.600. The molecule has 1 aromatic heterocycles. The van der Waals surface area contributed by atoms with Crippen LogP contribution in [0.1, 0.15) is 24.8 Å². The van der Waals surface area contributed by atoms with Gasteiger partial charge in [0, 0.05) is 19.3 Å². The van der Waals surface area contributed by atoms with E-state index in [1.165, 1.54) is 19.4 Å². The fourth-order valence-corrected chi connectivity index (χ4v) is 3.86. The Kier molecular flexibility index (Phi) is 3.53. The van der Waals surface area contributed by atoms with Crippen molar-refractivity contribution in [1.29, 1.82) is 0 Å². The van der Waals surface area contributed by atoms with Gasteiger partial charge in [-0.25, -0.2) is 4.98 Å². The van der Waals surface area contributed by atoms with Gasteiger partial charge in [0.2, 0.25) is 0 Å². The van der Waals surface area contributed by atoms with Crippen LogP contribution in [0.4, 0.5) is 19.0 Å². The van der Waals surface area contributed by atoms with Crippen molar-refractivity contribution in [2.75, 3.05) is 25.1 Å². The monoisotopic (exact) mass is 314 g/mol. The molecule has 1 aliphatic carbocycles. The van der Waals surface area contributed by atoms with Crippen LogP contribution in [-0.2, 0) is 15.7 Å². The van der Waals surface area contributed by atoms with Crippen molar-refractivity contribution in [2.24, 2.45) is 11.3 Å². The van der Waals surface area contributed by atoms with Gasteiger partial charge >= 0.3 is 12.1 Å². The number of pyridine rings is 1. The average Bonchev–Trinajstić information content (AvgIpc) is 3.03. The van der Waals surface area contributed by atoms with E-state index in [2.05, 4.69) is 4.98 Å². The number of alkyl halides is 3. The van der Waals surface area contributed by atoms with E-state index in [4.69, 9.17) is 4.74 Å². The number of carbonyl (C=O) groups excluding carboxylic acids is 1. The second-order valence-corrected chi connectivity index (χ2v) is 5.99. The van der Waals surface area contributed by atoms with Gasteiger partial charge in [-0.05, 0) is 30.9 Å². The van der Waals surface area contributed by atoms with Crippen molar-refractivity contribution in [3.8, 4) is 0 Å². The van der Waals surface area contributed by atoms with E-state index in [0.717, 1.165) is 18.9 Å². The summed E-state index contributed by atoms with van der Waals surface area (Å²) in [7, 11) is 1.33. The molecule has 7 heteroatoms. The molecule has 0 amide bonds. The van der Waals surface area contributed by atoms with E-state index in [9.17, 15) is 18.0 Å². The number of hydrogen-bond donors (Lipinski definition) is 0. The molecule has 2 heterocycles. The Balaban J connectivity index is 1.95. The highest BCUT2D eigenvalue weighted by Gasteiger charge is 2.56. The van der Waals surface area contributed by atoms with Gasteiger partial charge in [-0.1, -0.05) is 6.42 Å². The second kappa shape index (κ2) is 5.14. The van der Waals surface area contributed by atoms with Crippen molar-refractivity contribution in [2.45, 2.75) is 25.4 Å². The summed E-state index contributed by atoms with van der Waals surface area (Å²) in [5.41, 5.74) is -1.44. The van der Waals surface area contributed by atoms with E-state index in [1.54, 1.807) is 4.90 Å². The first-order valence-electron chi connectivity index (χ1n) is 7.24. The lowest BCUT2D eigenvalue weighted by molar-refractivity contribution is -0.152. The van der Waals surface area contributed by atoms with Crippen LogP contribution in [0, 0.1) is 11.3 Å². The molecule has 1 aromatic rings. The normalized spacial score (nSPS) is 27.8. The highest BCUT2D eigenvalue weighted by Crippen LogP contribution is 2.51. The highest BCUT2D eigenvalue weighted by molar-refractivity contribution is 5.79. The molecule has 1 saturated carbocycles. The summed E-state index contributed by atoms with van der Waals surface area (Å²) in [4.78, 5) is 17.7. The molecule has 0 N–H and O–H groups in total. The quantitative estimate of drug-likeness (QED) is 0.787. The first-order chi connectivity index (χ1) is 10.4. The summed E-state index contributed by atoms with van der Waals surface area (Å²) in [6.07, 6.45) is -0.708. The Morgan fingerprint density at radius 1 is 1.50 bits per heavy atom. The number of ether oxygens (including phenoxy) is 1. The number of nitrogens with zero attached hydrogens (tertiary/aromatic N) is 2. The van der Waals surface area contributed by atoms with Gasteiger partial charge in [0.15, 0.2) is 0 Å². The Labute approximate surface area is 126 Å². The SMILES string of the molecule is COC(=O)C12CCCC1CN(c1ncccc1C(F)(F)F)C2. The van der Waals surface area contributed by atoms with Gasteiger partial charge < -0.3 is 9.64 Å². The maximum atomic E-state index is 13.2. The maximum Gasteiger partial charge on any atom is 0.419 e. The number of halogens is 3. The van der Waals surface area contributed by atoms with Gasteiger partial charge in [0.05, 0.1) is 18.1 Å². The molecule has 1 aliphatic heterocycles. The Hall–Kier alpha value is -1.79. The number of rotatable bonds is 2. The van der Waals surface area contributed by atoms with Crippen LogP contribution < -0.4 is 4.90 Å². The van der Waals surface area contributed by atoms with Crippen LogP contribution in [0.25, 0.3) is 0 Å². The van der Waals surface area contributed by atoms with Crippen LogP contribution in [0.2, 0.25) is 0 Å². The Morgan fingerprint density at radius 2 is 2.27 bits per heavy atom. The topological polar surface area (TPSA) is 42.4 Å². The Morgan fingerprint density at radius 3 is 2.95 bits per heavy atom. The van der Waals surface area contributed by atoms with E-state index < -0.39 is 17.2 Å². The largest absolute Gasteiger partial charge is 0.469 e. The average molecular weight is 314 g/mol. The van der Waals surface area contributed by atoms with E-state index in [1.807, 2.05) is 0 Å². The van der Waals surface area contributed by atoms with Crippen molar-refractivity contribution in [1.82, 2.24) is 4.98 Å². The zero-order valence-electron chi connectivity index (χ0n) is 12.2. The molecule has 120 valence electrons. The summed E-state index contributed by atoms with van der Waals surface area (Å²) in [6, 6.07) is 2.31. The van der Waals surface area contributed by atoms with Gasteiger partial charge in [0.25, 0.3) is 0 Å². The van der Waals surface area contributed by atoms with Crippen molar-refractivity contribution in [3.05, 3.63) is 23.9 Å². The van der Waals surface area contributed by atoms with Crippen molar-refractivity contribution in [3.63, 3.8) is 0 Å². The summed E-state index contributed by atoms with van der Waals surface area (Å²) < 4.78 is 44.4. The third-order valence-corrected chi connectivity index (χ3v) is 4.85. The van der Waals surface area contributed by atoms with E-state index in [0.29, 0.717) is 13.0 Å². The summed E-state index contributed by atoms with van der Waals surface area (Å²) in [5.74, 6) is -0.377. The first kappa shape index (κ1) is 15.1. The maximum absolute atomic E-state index is 13.2. The zero-order valence-corrected chi connectivity index (χ0v) is 12.2. The standard InChI is InChI=1S/C15H17F3N2O2/c1-22-13(21)14-6-2-4-10(14)8-20(9-14)12-11(15(16,17)18)5-3-7-19-12/h3,5,7,10H,2,4,6,8-9H2,1H3. The van der Waals surface area contributed by atoms with Crippen molar-refractivity contribution >= 4 is 11.8 Å². The predicted octanol–water partition coefficient (Wildman–Crippen LogP) is 2.88. The van der Waals surface area contributed by atoms with Crippen LogP contribution >= 0.6 is 0 Å². The van der Waals surface area contributed by atoms with Gasteiger partial charge in [0.1, 0.15) is 5.82 Å². The molecular formula is C15H17F3N2O2. The number of aromatic nitrogens is 1. The molecule has 22 heavy (non-hydrogen) atoms. The second-order valence-electron chi connectivity index (χ2n) is 5.99. The highest BCUT2D eigenvalue weighted by atomic mass is 19.4. The summed E-state index contributed by atoms with van der Waals surface area (Å²) >= 11 is 0. The minimum absolute atomic E-state index is 0.0306. The molecule has 2 unspecified atom stereocenters. The third-order valence-electron chi connectivity index (χ3n) is 4.85. The minimum atomic E-state index is -4.46. The van der Waals surface area contributed by atoms with Crippen LogP contribution in [0.3, 0.4) is 0 Å². The van der Waals surface area contributed by atoms with Gasteiger partial charge in [-0.2, -0.15) is 13.2 Å². The van der Waals surface area contributed by atoms with Crippen molar-refractivity contribution < 1.29 is 22.7 Å². The molecule has 0 aromatic carbocycles. The predicted molar refractivity (Wildman–Crippen MR) is 73.2 cm³/mol. The lowest BCUT2D eigenvalue weighted by atomic mass is 9.81. The molecule has 0 bridgehead atoms. The molecule has 1 saturated heterocycles. The molecule has 0 radical (unpaired) electrons. The number of carbonyl (C=O) groups is 1. The number of fused-ring (bicyclic) bond motifs is 1. The van der Waals surface area contributed by atoms with Crippen LogP contribution in [0.15, 0.2) is 18.3 Å². The number of esters is 1. The van der Waals surface area contributed by atoms with Crippen LogP contribution in [-0.4, -0.2) is 31.2 Å². The minimum Gasteiger partial charge on any atom is -0.469 e. The molecular weight excluding hydrogens is 297 g/mol. The number of anilines is 1. The Bertz CT molecular complexity index is 590. The van der Waals surface area contributed by atoms with E-state index >= 15 is 0 Å².